The smallest absolute Gasteiger partial charge is 0.406 e. The molecule has 3 aromatic rings. The van der Waals surface area contributed by atoms with Crippen molar-refractivity contribution in [3.8, 4) is 11.4 Å². The SMILES string of the molecule is NC(=O)c1ccc(NC(=O)CSc2nc3c(c(=O)n2-c2ccc(OC(F)(F)F)cc2)SCC3)cc1. The second kappa shape index (κ2) is 10.0. The van der Waals surface area contributed by atoms with Gasteiger partial charge in [0.25, 0.3) is 5.56 Å². The fraction of sp³-hybridized carbons (Fsp3) is 0.182. The number of benzene rings is 2. The van der Waals surface area contributed by atoms with Crippen LogP contribution < -0.4 is 21.3 Å². The molecule has 0 radical (unpaired) electrons. The molecular formula is C22H17F3N4O4S2. The van der Waals surface area contributed by atoms with Gasteiger partial charge in [-0.15, -0.1) is 24.9 Å². The Bertz CT molecular complexity index is 1330. The first-order valence-corrected chi connectivity index (χ1v) is 12.1. The number of thioether (sulfide) groups is 2. The Kier molecular flexibility index (Phi) is 7.08. The van der Waals surface area contributed by atoms with Gasteiger partial charge >= 0.3 is 6.36 Å². The van der Waals surface area contributed by atoms with Crippen molar-refractivity contribution in [1.82, 2.24) is 9.55 Å². The van der Waals surface area contributed by atoms with Crippen molar-refractivity contribution in [2.24, 2.45) is 5.73 Å². The summed E-state index contributed by atoms with van der Waals surface area (Å²) in [6.07, 6.45) is -4.24. The Morgan fingerprint density at radius 3 is 2.46 bits per heavy atom. The van der Waals surface area contributed by atoms with Crippen LogP contribution in [-0.2, 0) is 11.2 Å². The molecule has 0 saturated heterocycles. The summed E-state index contributed by atoms with van der Waals surface area (Å²) in [6, 6.07) is 10.9. The molecule has 1 aliphatic heterocycles. The van der Waals surface area contributed by atoms with Crippen molar-refractivity contribution in [2.45, 2.75) is 22.8 Å². The summed E-state index contributed by atoms with van der Waals surface area (Å²) >= 11 is 2.38. The molecule has 0 atom stereocenters. The molecule has 8 nitrogen and oxygen atoms in total. The van der Waals surface area contributed by atoms with Crippen LogP contribution in [0, 0.1) is 0 Å². The second-order valence-corrected chi connectivity index (χ2v) is 9.28. The molecule has 1 aliphatic rings. The lowest BCUT2D eigenvalue weighted by Crippen LogP contribution is -2.24. The summed E-state index contributed by atoms with van der Waals surface area (Å²) in [4.78, 5) is 41.8. The molecule has 2 amide bonds. The summed E-state index contributed by atoms with van der Waals surface area (Å²) in [6.45, 7) is 0. The zero-order valence-corrected chi connectivity index (χ0v) is 19.4. The molecule has 0 unspecified atom stereocenters. The van der Waals surface area contributed by atoms with Crippen molar-refractivity contribution in [2.75, 3.05) is 16.8 Å². The molecule has 3 N–H and O–H groups in total. The monoisotopic (exact) mass is 522 g/mol. The highest BCUT2D eigenvalue weighted by molar-refractivity contribution is 8.00. The van der Waals surface area contributed by atoms with Crippen molar-refractivity contribution in [3.63, 3.8) is 0 Å². The minimum Gasteiger partial charge on any atom is -0.406 e. The minimum absolute atomic E-state index is 0.0921. The Hall–Kier alpha value is -3.45. The first-order valence-electron chi connectivity index (χ1n) is 10.1. The number of carbonyl (C=O) groups is 2. The first kappa shape index (κ1) is 24.7. The molecular weight excluding hydrogens is 505 g/mol. The van der Waals surface area contributed by atoms with E-state index in [0.717, 1.165) is 23.9 Å². The Balaban J connectivity index is 1.55. The number of alkyl halides is 3. The van der Waals surface area contributed by atoms with Gasteiger partial charge in [0.2, 0.25) is 11.8 Å². The normalized spacial score (nSPS) is 12.8. The van der Waals surface area contributed by atoms with Crippen LogP contribution in [0.4, 0.5) is 18.9 Å². The Morgan fingerprint density at radius 2 is 1.83 bits per heavy atom. The van der Waals surface area contributed by atoms with Crippen LogP contribution in [-0.4, -0.2) is 39.2 Å². The first-order chi connectivity index (χ1) is 16.6. The number of hydrogen-bond acceptors (Lipinski definition) is 7. The third-order valence-corrected chi connectivity index (χ3v) is 6.83. The van der Waals surface area contributed by atoms with Gasteiger partial charge in [-0.05, 0) is 48.5 Å². The molecule has 13 heteroatoms. The quantitative estimate of drug-likeness (QED) is 0.360. The van der Waals surface area contributed by atoms with Gasteiger partial charge in [0.1, 0.15) is 5.75 Å². The largest absolute Gasteiger partial charge is 0.573 e. The number of nitrogens with two attached hydrogens (primary N) is 1. The number of halogens is 3. The Labute approximate surface area is 205 Å². The minimum atomic E-state index is -4.83. The number of carbonyl (C=O) groups excluding carboxylic acids is 2. The fourth-order valence-electron chi connectivity index (χ4n) is 3.26. The van der Waals surface area contributed by atoms with Gasteiger partial charge in [-0.1, -0.05) is 11.8 Å². The van der Waals surface area contributed by atoms with Crippen LogP contribution in [0.5, 0.6) is 5.75 Å². The summed E-state index contributed by atoms with van der Waals surface area (Å²) < 4.78 is 42.6. The van der Waals surface area contributed by atoms with E-state index in [9.17, 15) is 27.6 Å². The molecule has 0 fully saturated rings. The van der Waals surface area contributed by atoms with Crippen molar-refractivity contribution in [1.29, 1.82) is 0 Å². The lowest BCUT2D eigenvalue weighted by atomic mass is 10.2. The summed E-state index contributed by atoms with van der Waals surface area (Å²) in [5.41, 5.74) is 6.51. The molecule has 182 valence electrons. The summed E-state index contributed by atoms with van der Waals surface area (Å²) in [5, 5.41) is 2.92. The van der Waals surface area contributed by atoms with Gasteiger partial charge in [-0.2, -0.15) is 0 Å². The van der Waals surface area contributed by atoms with Gasteiger partial charge in [0, 0.05) is 23.4 Å². The van der Waals surface area contributed by atoms with Crippen LogP contribution >= 0.6 is 23.5 Å². The van der Waals surface area contributed by atoms with Crippen molar-refractivity contribution in [3.05, 3.63) is 70.1 Å². The number of nitrogens with one attached hydrogen (secondary N) is 1. The van der Waals surface area contributed by atoms with E-state index in [1.54, 1.807) is 0 Å². The molecule has 0 bridgehead atoms. The maximum Gasteiger partial charge on any atom is 0.573 e. The van der Waals surface area contributed by atoms with Gasteiger partial charge < -0.3 is 15.8 Å². The lowest BCUT2D eigenvalue weighted by molar-refractivity contribution is -0.274. The number of anilines is 1. The molecule has 2 heterocycles. The number of fused-ring (bicyclic) bond motifs is 1. The number of aromatic nitrogens is 2. The van der Waals surface area contributed by atoms with Crippen LogP contribution in [0.3, 0.4) is 0 Å². The molecule has 4 rings (SSSR count). The number of hydrogen-bond donors (Lipinski definition) is 2. The van der Waals surface area contributed by atoms with Crippen molar-refractivity contribution < 1.29 is 27.5 Å². The molecule has 35 heavy (non-hydrogen) atoms. The predicted octanol–water partition coefficient (Wildman–Crippen LogP) is 3.61. The van der Waals surface area contributed by atoms with E-state index >= 15 is 0 Å². The number of aryl methyl sites for hydroxylation is 1. The average molecular weight is 523 g/mol. The number of nitrogens with zero attached hydrogens (tertiary/aromatic N) is 2. The third-order valence-electron chi connectivity index (χ3n) is 4.78. The fourth-order valence-corrected chi connectivity index (χ4v) is 5.11. The average Bonchev–Trinajstić information content (AvgIpc) is 3.27. The number of primary amides is 1. The maximum atomic E-state index is 13.2. The summed E-state index contributed by atoms with van der Waals surface area (Å²) in [5.74, 6) is -0.799. The maximum absolute atomic E-state index is 13.2. The highest BCUT2D eigenvalue weighted by Crippen LogP contribution is 2.31. The Morgan fingerprint density at radius 1 is 1.14 bits per heavy atom. The van der Waals surface area contributed by atoms with Gasteiger partial charge in [-0.3, -0.25) is 19.0 Å². The van der Waals surface area contributed by atoms with Crippen LogP contribution in [0.15, 0.2) is 63.4 Å². The molecule has 0 spiro atoms. The zero-order valence-electron chi connectivity index (χ0n) is 17.8. The van der Waals surface area contributed by atoms with E-state index in [1.807, 2.05) is 0 Å². The topological polar surface area (TPSA) is 116 Å². The molecule has 0 saturated carbocycles. The molecule has 2 aromatic carbocycles. The van der Waals surface area contributed by atoms with E-state index in [2.05, 4.69) is 15.0 Å². The van der Waals surface area contributed by atoms with E-state index in [-0.39, 0.29) is 28.1 Å². The standard InChI is InChI=1S/C22H17F3N4O4S2/c23-22(24,25)33-15-7-5-14(6-8-15)29-20(32)18-16(9-10-34-18)28-21(29)35-11-17(30)27-13-3-1-12(2-4-13)19(26)31/h1-8H,9-11H2,(H2,26,31)(H,27,30). The van der Waals surface area contributed by atoms with Crippen LogP contribution in [0.1, 0.15) is 16.1 Å². The van der Waals surface area contributed by atoms with Gasteiger partial charge in [0.05, 0.1) is 22.0 Å². The second-order valence-electron chi connectivity index (χ2n) is 7.23. The van der Waals surface area contributed by atoms with E-state index in [0.29, 0.717) is 34.0 Å². The third kappa shape index (κ3) is 5.98. The van der Waals surface area contributed by atoms with Gasteiger partial charge in [-0.25, -0.2) is 4.98 Å². The van der Waals surface area contributed by atoms with E-state index in [4.69, 9.17) is 5.73 Å². The predicted molar refractivity (Wildman–Crippen MR) is 125 cm³/mol. The van der Waals surface area contributed by atoms with E-state index in [1.165, 1.54) is 52.7 Å². The molecule has 0 aliphatic carbocycles. The summed E-state index contributed by atoms with van der Waals surface area (Å²) in [7, 11) is 0. The zero-order chi connectivity index (χ0) is 25.2. The highest BCUT2D eigenvalue weighted by atomic mass is 32.2. The highest BCUT2D eigenvalue weighted by Gasteiger charge is 2.31. The lowest BCUT2D eigenvalue weighted by Gasteiger charge is -2.15. The van der Waals surface area contributed by atoms with Crippen LogP contribution in [0.2, 0.25) is 0 Å². The van der Waals surface area contributed by atoms with Crippen LogP contribution in [0.25, 0.3) is 5.69 Å². The van der Waals surface area contributed by atoms with E-state index < -0.39 is 18.0 Å². The van der Waals surface area contributed by atoms with Gasteiger partial charge in [0.15, 0.2) is 5.16 Å². The van der Waals surface area contributed by atoms with Crippen molar-refractivity contribution >= 4 is 41.0 Å². The molecule has 1 aromatic heterocycles. The number of ether oxygens (including phenoxy) is 1. The number of amides is 2. The number of rotatable bonds is 7.